The number of halogens is 1. The largest absolute Gasteiger partial charge is 0.367 e. The summed E-state index contributed by atoms with van der Waals surface area (Å²) in [6.45, 7) is 8.59. The Bertz CT molecular complexity index is 339. The lowest BCUT2D eigenvalue weighted by Crippen LogP contribution is -2.22. The average molecular weight is 242 g/mol. The first-order valence-electron chi connectivity index (χ1n) is 5.83. The van der Waals surface area contributed by atoms with E-state index in [4.69, 9.17) is 11.6 Å². The van der Waals surface area contributed by atoms with E-state index >= 15 is 0 Å². The number of nitrogens with zero attached hydrogens (tertiary/aromatic N) is 2. The van der Waals surface area contributed by atoms with Gasteiger partial charge in [0.05, 0.1) is 0 Å². The van der Waals surface area contributed by atoms with Crippen LogP contribution in [0.5, 0.6) is 0 Å². The quantitative estimate of drug-likeness (QED) is 0.802. The Morgan fingerprint density at radius 2 is 2.00 bits per heavy atom. The molecule has 1 heterocycles. The minimum Gasteiger partial charge on any atom is -0.367 e. The zero-order valence-electron chi connectivity index (χ0n) is 10.4. The molecule has 0 radical (unpaired) electrons. The normalized spacial score (nSPS) is 12.9. The molecule has 0 aliphatic heterocycles. The second-order valence-electron chi connectivity index (χ2n) is 4.42. The molecular formula is C12H20ClN3. The topological polar surface area (TPSA) is 37.8 Å². The summed E-state index contributed by atoms with van der Waals surface area (Å²) in [5.74, 6) is 2.20. The van der Waals surface area contributed by atoms with E-state index in [9.17, 15) is 0 Å². The van der Waals surface area contributed by atoms with Gasteiger partial charge >= 0.3 is 0 Å². The van der Waals surface area contributed by atoms with Gasteiger partial charge in [0.2, 0.25) is 0 Å². The fraction of sp³-hybridized carbons (Fsp3) is 0.667. The van der Waals surface area contributed by atoms with Crippen molar-refractivity contribution < 1.29 is 0 Å². The Labute approximate surface area is 103 Å². The number of rotatable bonds is 5. The zero-order valence-corrected chi connectivity index (χ0v) is 11.2. The number of hydrogen-bond acceptors (Lipinski definition) is 3. The van der Waals surface area contributed by atoms with Gasteiger partial charge in [-0.05, 0) is 19.3 Å². The lowest BCUT2D eigenvalue weighted by atomic mass is 10.1. The van der Waals surface area contributed by atoms with Crippen LogP contribution in [0.15, 0.2) is 6.07 Å². The van der Waals surface area contributed by atoms with Crippen molar-refractivity contribution in [1.82, 2.24) is 9.97 Å². The van der Waals surface area contributed by atoms with Crippen LogP contribution in [-0.4, -0.2) is 16.0 Å². The molecule has 0 aliphatic carbocycles. The monoisotopic (exact) mass is 241 g/mol. The summed E-state index contributed by atoms with van der Waals surface area (Å²) in [4.78, 5) is 8.63. The molecule has 1 rings (SSSR count). The van der Waals surface area contributed by atoms with Gasteiger partial charge in [0.25, 0.3) is 0 Å². The number of hydrogen-bond donors (Lipinski definition) is 1. The summed E-state index contributed by atoms with van der Waals surface area (Å²) in [5.41, 5.74) is 0. The van der Waals surface area contributed by atoms with Gasteiger partial charge in [-0.25, -0.2) is 9.97 Å². The number of aryl methyl sites for hydroxylation is 1. The standard InChI is InChI=1S/C12H20ClN3/c1-5-6-11-15-10(13)7-12(16-11)14-9(4)8(2)3/h7-9H,5-6H2,1-4H3,(H,14,15,16). The molecule has 0 saturated carbocycles. The average Bonchev–Trinajstić information content (AvgIpc) is 2.16. The van der Waals surface area contributed by atoms with Crippen LogP contribution in [0.3, 0.4) is 0 Å². The molecule has 1 unspecified atom stereocenters. The molecule has 0 bridgehead atoms. The SMILES string of the molecule is CCCc1nc(Cl)cc(NC(C)C(C)C)n1. The molecule has 0 aliphatic rings. The van der Waals surface area contributed by atoms with E-state index in [0.29, 0.717) is 17.1 Å². The number of anilines is 1. The van der Waals surface area contributed by atoms with Crippen LogP contribution >= 0.6 is 11.6 Å². The highest BCUT2D eigenvalue weighted by molar-refractivity contribution is 6.29. The van der Waals surface area contributed by atoms with Crippen molar-refractivity contribution in [3.05, 3.63) is 17.0 Å². The minimum absolute atomic E-state index is 0.375. The van der Waals surface area contributed by atoms with Gasteiger partial charge in [0.1, 0.15) is 16.8 Å². The van der Waals surface area contributed by atoms with Crippen LogP contribution in [-0.2, 0) is 6.42 Å². The van der Waals surface area contributed by atoms with Gasteiger partial charge in [-0.15, -0.1) is 0 Å². The van der Waals surface area contributed by atoms with Crippen molar-refractivity contribution >= 4 is 17.4 Å². The maximum Gasteiger partial charge on any atom is 0.134 e. The molecule has 0 saturated heterocycles. The minimum atomic E-state index is 0.375. The molecule has 90 valence electrons. The molecule has 0 fully saturated rings. The Morgan fingerprint density at radius 3 is 2.56 bits per heavy atom. The summed E-state index contributed by atoms with van der Waals surface area (Å²) in [5, 5.41) is 3.86. The summed E-state index contributed by atoms with van der Waals surface area (Å²) in [7, 11) is 0. The van der Waals surface area contributed by atoms with Crippen molar-refractivity contribution in [3.8, 4) is 0 Å². The summed E-state index contributed by atoms with van der Waals surface area (Å²) >= 11 is 5.96. The highest BCUT2D eigenvalue weighted by Gasteiger charge is 2.09. The van der Waals surface area contributed by atoms with Crippen molar-refractivity contribution in [3.63, 3.8) is 0 Å². The van der Waals surface area contributed by atoms with E-state index in [1.807, 2.05) is 0 Å². The third-order valence-corrected chi connectivity index (χ3v) is 2.78. The number of aromatic nitrogens is 2. The molecule has 16 heavy (non-hydrogen) atoms. The maximum atomic E-state index is 5.96. The maximum absolute atomic E-state index is 5.96. The first kappa shape index (κ1) is 13.2. The predicted molar refractivity (Wildman–Crippen MR) is 69.0 cm³/mol. The fourth-order valence-electron chi connectivity index (χ4n) is 1.27. The van der Waals surface area contributed by atoms with Crippen LogP contribution in [0.1, 0.15) is 39.9 Å². The van der Waals surface area contributed by atoms with E-state index in [-0.39, 0.29) is 0 Å². The lowest BCUT2D eigenvalue weighted by molar-refractivity contribution is 0.558. The highest BCUT2D eigenvalue weighted by atomic mass is 35.5. The fourth-order valence-corrected chi connectivity index (χ4v) is 1.47. The van der Waals surface area contributed by atoms with E-state index in [1.54, 1.807) is 6.07 Å². The van der Waals surface area contributed by atoms with Gasteiger partial charge in [-0.3, -0.25) is 0 Å². The van der Waals surface area contributed by atoms with Gasteiger partial charge in [0.15, 0.2) is 0 Å². The first-order chi connectivity index (χ1) is 7.52. The van der Waals surface area contributed by atoms with Crippen LogP contribution in [0, 0.1) is 5.92 Å². The molecule has 1 atom stereocenters. The van der Waals surface area contributed by atoms with Crippen LogP contribution in [0.4, 0.5) is 5.82 Å². The van der Waals surface area contributed by atoms with Crippen molar-refractivity contribution in [2.45, 2.75) is 46.6 Å². The first-order valence-corrected chi connectivity index (χ1v) is 6.20. The van der Waals surface area contributed by atoms with Crippen LogP contribution in [0.2, 0.25) is 5.15 Å². The number of nitrogens with one attached hydrogen (secondary N) is 1. The Balaban J connectivity index is 2.79. The zero-order chi connectivity index (χ0) is 12.1. The predicted octanol–water partition coefficient (Wildman–Crippen LogP) is 3.54. The third kappa shape index (κ3) is 3.97. The highest BCUT2D eigenvalue weighted by Crippen LogP contribution is 2.15. The molecule has 1 N–H and O–H groups in total. The Morgan fingerprint density at radius 1 is 1.31 bits per heavy atom. The smallest absolute Gasteiger partial charge is 0.134 e. The van der Waals surface area contributed by atoms with Gasteiger partial charge < -0.3 is 5.32 Å². The Hall–Kier alpha value is -0.830. The van der Waals surface area contributed by atoms with Crippen LogP contribution < -0.4 is 5.32 Å². The molecule has 1 aromatic rings. The van der Waals surface area contributed by atoms with Gasteiger partial charge in [-0.1, -0.05) is 32.4 Å². The van der Waals surface area contributed by atoms with E-state index < -0.39 is 0 Å². The molecule has 4 heteroatoms. The summed E-state index contributed by atoms with van der Waals surface area (Å²) in [6.07, 6.45) is 1.89. The Kier molecular flexibility index (Phi) is 5.00. The lowest BCUT2D eigenvalue weighted by Gasteiger charge is -2.18. The molecule has 1 aromatic heterocycles. The van der Waals surface area contributed by atoms with E-state index in [0.717, 1.165) is 24.5 Å². The second-order valence-corrected chi connectivity index (χ2v) is 4.81. The summed E-state index contributed by atoms with van der Waals surface area (Å²) < 4.78 is 0. The molecule has 0 spiro atoms. The van der Waals surface area contributed by atoms with Crippen LogP contribution in [0.25, 0.3) is 0 Å². The van der Waals surface area contributed by atoms with Crippen molar-refractivity contribution in [2.24, 2.45) is 5.92 Å². The molecule has 0 amide bonds. The van der Waals surface area contributed by atoms with Crippen molar-refractivity contribution in [2.75, 3.05) is 5.32 Å². The van der Waals surface area contributed by atoms with Crippen molar-refractivity contribution in [1.29, 1.82) is 0 Å². The third-order valence-electron chi connectivity index (χ3n) is 2.59. The van der Waals surface area contributed by atoms with E-state index in [2.05, 4.69) is 43.0 Å². The second kappa shape index (κ2) is 6.04. The van der Waals surface area contributed by atoms with Gasteiger partial charge in [-0.2, -0.15) is 0 Å². The molecular weight excluding hydrogens is 222 g/mol. The van der Waals surface area contributed by atoms with E-state index in [1.165, 1.54) is 0 Å². The summed E-state index contributed by atoms with van der Waals surface area (Å²) in [6, 6.07) is 2.15. The molecule has 0 aromatic carbocycles. The van der Waals surface area contributed by atoms with Gasteiger partial charge in [0, 0.05) is 18.5 Å². The molecule has 3 nitrogen and oxygen atoms in total.